The average Bonchev–Trinajstić information content (AvgIpc) is 2.68. The average molecular weight is 244 g/mol. The minimum atomic E-state index is -0.564. The van der Waals surface area contributed by atoms with E-state index >= 15 is 0 Å². The highest BCUT2D eigenvalue weighted by Gasteiger charge is 2.19. The summed E-state index contributed by atoms with van der Waals surface area (Å²) in [6.45, 7) is 5.44. The van der Waals surface area contributed by atoms with Crippen LogP contribution in [0.2, 0.25) is 0 Å². The Morgan fingerprint density at radius 2 is 1.94 bits per heavy atom. The molecule has 0 bridgehead atoms. The van der Waals surface area contributed by atoms with Crippen LogP contribution in [0.4, 0.5) is 0 Å². The van der Waals surface area contributed by atoms with Crippen molar-refractivity contribution >= 4 is 5.91 Å². The van der Waals surface area contributed by atoms with E-state index in [-0.39, 0.29) is 5.91 Å². The Bertz CT molecular complexity index is 546. The SMILES string of the molecule is Cc1cc(C)n(C(=O)[C@@H](C)Oc2ccccc2)n1. The first-order valence-electron chi connectivity index (χ1n) is 5.87. The summed E-state index contributed by atoms with van der Waals surface area (Å²) >= 11 is 0. The summed E-state index contributed by atoms with van der Waals surface area (Å²) in [5, 5.41) is 4.16. The third kappa shape index (κ3) is 2.59. The van der Waals surface area contributed by atoms with Crippen molar-refractivity contribution in [2.45, 2.75) is 26.9 Å². The molecule has 18 heavy (non-hydrogen) atoms. The standard InChI is InChI=1S/C14H16N2O2/c1-10-9-11(2)16(15-10)14(17)12(3)18-13-7-5-4-6-8-13/h4-9,12H,1-3H3/t12-/m1/s1. The fourth-order valence-corrected chi connectivity index (χ4v) is 1.78. The minimum absolute atomic E-state index is 0.163. The second-order valence-electron chi connectivity index (χ2n) is 4.25. The van der Waals surface area contributed by atoms with Gasteiger partial charge in [0.15, 0.2) is 6.10 Å². The van der Waals surface area contributed by atoms with E-state index in [2.05, 4.69) is 5.10 Å². The van der Waals surface area contributed by atoms with Crippen molar-refractivity contribution in [3.8, 4) is 5.75 Å². The number of aromatic nitrogens is 2. The molecule has 0 unspecified atom stereocenters. The van der Waals surface area contributed by atoms with E-state index in [0.717, 1.165) is 11.4 Å². The smallest absolute Gasteiger partial charge is 0.287 e. The molecule has 0 saturated heterocycles. The van der Waals surface area contributed by atoms with Gasteiger partial charge in [-0.05, 0) is 39.0 Å². The molecule has 4 heteroatoms. The first kappa shape index (κ1) is 12.4. The fourth-order valence-electron chi connectivity index (χ4n) is 1.78. The monoisotopic (exact) mass is 244 g/mol. The molecule has 2 rings (SSSR count). The van der Waals surface area contributed by atoms with Crippen LogP contribution in [0.3, 0.4) is 0 Å². The van der Waals surface area contributed by atoms with E-state index in [0.29, 0.717) is 5.75 Å². The van der Waals surface area contributed by atoms with E-state index in [1.807, 2.05) is 50.2 Å². The van der Waals surface area contributed by atoms with E-state index in [1.54, 1.807) is 6.92 Å². The Labute approximate surface area is 106 Å². The summed E-state index contributed by atoms with van der Waals surface area (Å²) in [5.41, 5.74) is 1.65. The van der Waals surface area contributed by atoms with Crippen molar-refractivity contribution in [1.29, 1.82) is 0 Å². The van der Waals surface area contributed by atoms with Gasteiger partial charge < -0.3 is 4.74 Å². The molecule has 0 radical (unpaired) electrons. The maximum atomic E-state index is 12.2. The van der Waals surface area contributed by atoms with E-state index in [4.69, 9.17) is 4.74 Å². The molecular weight excluding hydrogens is 228 g/mol. The van der Waals surface area contributed by atoms with Gasteiger partial charge in [-0.15, -0.1) is 0 Å². The molecule has 0 aliphatic rings. The third-order valence-corrected chi connectivity index (χ3v) is 2.62. The number of para-hydroxylation sites is 1. The number of hydrogen-bond donors (Lipinski definition) is 0. The van der Waals surface area contributed by atoms with Crippen molar-refractivity contribution < 1.29 is 9.53 Å². The summed E-state index contributed by atoms with van der Waals surface area (Å²) in [5.74, 6) is 0.518. The van der Waals surface area contributed by atoms with Crippen LogP contribution in [0, 0.1) is 13.8 Å². The molecule has 1 aromatic carbocycles. The largest absolute Gasteiger partial charge is 0.481 e. The minimum Gasteiger partial charge on any atom is -0.481 e. The summed E-state index contributed by atoms with van der Waals surface area (Å²) < 4.78 is 6.98. The van der Waals surface area contributed by atoms with Gasteiger partial charge in [-0.25, -0.2) is 4.68 Å². The number of ether oxygens (including phenoxy) is 1. The van der Waals surface area contributed by atoms with Gasteiger partial charge in [-0.2, -0.15) is 5.10 Å². The number of nitrogens with zero attached hydrogens (tertiary/aromatic N) is 2. The molecular formula is C14H16N2O2. The van der Waals surface area contributed by atoms with Crippen LogP contribution in [0.5, 0.6) is 5.75 Å². The quantitative estimate of drug-likeness (QED) is 0.833. The molecule has 0 aliphatic carbocycles. The Morgan fingerprint density at radius 3 is 2.50 bits per heavy atom. The van der Waals surface area contributed by atoms with Crippen LogP contribution < -0.4 is 4.74 Å². The molecule has 4 nitrogen and oxygen atoms in total. The molecule has 94 valence electrons. The molecule has 0 spiro atoms. The first-order valence-corrected chi connectivity index (χ1v) is 5.87. The number of benzene rings is 1. The second-order valence-corrected chi connectivity index (χ2v) is 4.25. The number of carbonyl (C=O) groups excluding carboxylic acids is 1. The predicted molar refractivity (Wildman–Crippen MR) is 68.9 cm³/mol. The summed E-state index contributed by atoms with van der Waals surface area (Å²) in [6, 6.07) is 11.2. The van der Waals surface area contributed by atoms with Crippen molar-refractivity contribution in [2.75, 3.05) is 0 Å². The Morgan fingerprint density at radius 1 is 1.28 bits per heavy atom. The second kappa shape index (κ2) is 5.04. The van der Waals surface area contributed by atoms with Crippen molar-refractivity contribution in [1.82, 2.24) is 9.78 Å². The van der Waals surface area contributed by atoms with Gasteiger partial charge in [-0.3, -0.25) is 4.79 Å². The predicted octanol–water partition coefficient (Wildman–Crippen LogP) is 2.61. The van der Waals surface area contributed by atoms with Crippen LogP contribution in [0.25, 0.3) is 0 Å². The lowest BCUT2D eigenvalue weighted by Crippen LogP contribution is -2.30. The normalized spacial score (nSPS) is 12.2. The zero-order chi connectivity index (χ0) is 13.1. The lowest BCUT2D eigenvalue weighted by molar-refractivity contribution is 0.0707. The van der Waals surface area contributed by atoms with Gasteiger partial charge in [-0.1, -0.05) is 18.2 Å². The molecule has 0 amide bonds. The molecule has 0 saturated carbocycles. The third-order valence-electron chi connectivity index (χ3n) is 2.62. The van der Waals surface area contributed by atoms with Gasteiger partial charge in [0.1, 0.15) is 5.75 Å². The topological polar surface area (TPSA) is 44.1 Å². The molecule has 2 aromatic rings. The maximum Gasteiger partial charge on any atom is 0.287 e. The number of hydrogen-bond acceptors (Lipinski definition) is 3. The zero-order valence-electron chi connectivity index (χ0n) is 10.8. The van der Waals surface area contributed by atoms with Crippen LogP contribution in [0.15, 0.2) is 36.4 Å². The van der Waals surface area contributed by atoms with Gasteiger partial charge in [0.2, 0.25) is 0 Å². The summed E-state index contributed by atoms with van der Waals surface area (Å²) in [7, 11) is 0. The van der Waals surface area contributed by atoms with Crippen LogP contribution in [-0.2, 0) is 0 Å². The highest BCUT2D eigenvalue weighted by Crippen LogP contribution is 2.12. The van der Waals surface area contributed by atoms with Gasteiger partial charge in [0, 0.05) is 5.69 Å². The van der Waals surface area contributed by atoms with E-state index < -0.39 is 6.10 Å². The molecule has 0 N–H and O–H groups in total. The maximum absolute atomic E-state index is 12.2. The first-order chi connectivity index (χ1) is 8.58. The lowest BCUT2D eigenvalue weighted by Gasteiger charge is -2.14. The zero-order valence-corrected chi connectivity index (χ0v) is 10.8. The Hall–Kier alpha value is -2.10. The highest BCUT2D eigenvalue weighted by molar-refractivity contribution is 5.83. The molecule has 1 atom stereocenters. The Balaban J connectivity index is 2.12. The van der Waals surface area contributed by atoms with Crippen molar-refractivity contribution in [2.24, 2.45) is 0 Å². The molecule has 0 aliphatic heterocycles. The van der Waals surface area contributed by atoms with Crippen molar-refractivity contribution in [3.05, 3.63) is 47.8 Å². The van der Waals surface area contributed by atoms with Gasteiger partial charge in [0.05, 0.1) is 5.69 Å². The van der Waals surface area contributed by atoms with Crippen LogP contribution in [-0.4, -0.2) is 21.8 Å². The van der Waals surface area contributed by atoms with E-state index in [9.17, 15) is 4.79 Å². The molecule has 1 aromatic heterocycles. The Kier molecular flexibility index (Phi) is 3.46. The lowest BCUT2D eigenvalue weighted by atomic mass is 10.3. The van der Waals surface area contributed by atoms with Gasteiger partial charge in [0.25, 0.3) is 5.91 Å². The highest BCUT2D eigenvalue weighted by atomic mass is 16.5. The number of carbonyl (C=O) groups is 1. The van der Waals surface area contributed by atoms with Crippen LogP contribution in [0.1, 0.15) is 23.1 Å². The number of aryl methyl sites for hydroxylation is 2. The van der Waals surface area contributed by atoms with Gasteiger partial charge >= 0.3 is 0 Å². The van der Waals surface area contributed by atoms with E-state index in [1.165, 1.54) is 4.68 Å². The summed E-state index contributed by atoms with van der Waals surface area (Å²) in [6.07, 6.45) is -0.564. The molecule has 1 heterocycles. The fraction of sp³-hybridized carbons (Fsp3) is 0.286. The number of rotatable bonds is 3. The van der Waals surface area contributed by atoms with Crippen LogP contribution >= 0.6 is 0 Å². The summed E-state index contributed by atoms with van der Waals surface area (Å²) in [4.78, 5) is 12.2. The molecule has 0 fully saturated rings. The van der Waals surface area contributed by atoms with Crippen molar-refractivity contribution in [3.63, 3.8) is 0 Å².